The molecule has 1 amide bonds. The zero-order chi connectivity index (χ0) is 17.8. The summed E-state index contributed by atoms with van der Waals surface area (Å²) in [4.78, 5) is 16.5. The fraction of sp³-hybridized carbons (Fsp3) is 0.0909. The Labute approximate surface area is 152 Å². The zero-order valence-electron chi connectivity index (χ0n) is 14.3. The minimum Gasteiger partial charge on any atom is -0.343 e. The molecule has 0 bridgehead atoms. The fourth-order valence-corrected chi connectivity index (χ4v) is 3.19. The molecule has 0 radical (unpaired) electrons. The van der Waals surface area contributed by atoms with Crippen LogP contribution < -0.4 is 5.32 Å². The number of hydrogen-bond acceptors (Lipinski definition) is 2. The maximum atomic E-state index is 12.4. The molecule has 2 aromatic heterocycles. The van der Waals surface area contributed by atoms with E-state index in [-0.39, 0.29) is 5.91 Å². The van der Waals surface area contributed by atoms with Gasteiger partial charge in [0.15, 0.2) is 0 Å². The van der Waals surface area contributed by atoms with Gasteiger partial charge in [0.2, 0.25) is 5.91 Å². The van der Waals surface area contributed by atoms with Crippen LogP contribution in [-0.4, -0.2) is 15.5 Å². The van der Waals surface area contributed by atoms with E-state index in [1.165, 1.54) is 5.56 Å². The Kier molecular flexibility index (Phi) is 4.48. The summed E-state index contributed by atoms with van der Waals surface area (Å²) in [7, 11) is 0. The SMILES string of the molecule is O=C(Cc1cn(Cc2ccccc2)c2ccccc12)Nc1cccnc1. The third-order valence-corrected chi connectivity index (χ3v) is 4.36. The predicted molar refractivity (Wildman–Crippen MR) is 104 cm³/mol. The molecule has 26 heavy (non-hydrogen) atoms. The molecular formula is C22H19N3O. The van der Waals surface area contributed by atoms with Gasteiger partial charge in [-0.05, 0) is 29.3 Å². The summed E-state index contributed by atoms with van der Waals surface area (Å²) < 4.78 is 2.21. The van der Waals surface area contributed by atoms with Crippen molar-refractivity contribution in [2.24, 2.45) is 0 Å². The highest BCUT2D eigenvalue weighted by Gasteiger charge is 2.12. The lowest BCUT2D eigenvalue weighted by atomic mass is 10.1. The second-order valence-corrected chi connectivity index (χ2v) is 6.25. The van der Waals surface area contributed by atoms with Gasteiger partial charge in [0.1, 0.15) is 0 Å². The van der Waals surface area contributed by atoms with Crippen LogP contribution in [0.4, 0.5) is 5.69 Å². The van der Waals surface area contributed by atoms with E-state index < -0.39 is 0 Å². The van der Waals surface area contributed by atoms with Crippen LogP contribution in [0.5, 0.6) is 0 Å². The van der Waals surface area contributed by atoms with E-state index in [9.17, 15) is 4.79 Å². The van der Waals surface area contributed by atoms with Gasteiger partial charge in [-0.25, -0.2) is 0 Å². The highest BCUT2D eigenvalue weighted by atomic mass is 16.1. The number of amides is 1. The van der Waals surface area contributed by atoms with E-state index in [2.05, 4.69) is 45.3 Å². The number of pyridine rings is 1. The Morgan fingerprint density at radius 3 is 2.58 bits per heavy atom. The molecule has 4 heteroatoms. The van der Waals surface area contributed by atoms with Crippen molar-refractivity contribution < 1.29 is 4.79 Å². The summed E-state index contributed by atoms with van der Waals surface area (Å²) in [6.07, 6.45) is 5.75. The van der Waals surface area contributed by atoms with Crippen molar-refractivity contribution in [2.45, 2.75) is 13.0 Å². The minimum absolute atomic E-state index is 0.0411. The maximum Gasteiger partial charge on any atom is 0.228 e. The third-order valence-electron chi connectivity index (χ3n) is 4.36. The summed E-state index contributed by atoms with van der Waals surface area (Å²) in [6.45, 7) is 0.783. The number of carbonyl (C=O) groups excluding carboxylic acids is 1. The number of hydrogen-bond donors (Lipinski definition) is 1. The lowest BCUT2D eigenvalue weighted by molar-refractivity contribution is -0.115. The molecule has 0 saturated carbocycles. The largest absolute Gasteiger partial charge is 0.343 e. The molecule has 4 nitrogen and oxygen atoms in total. The van der Waals surface area contributed by atoms with Gasteiger partial charge >= 0.3 is 0 Å². The van der Waals surface area contributed by atoms with Gasteiger partial charge in [-0.1, -0.05) is 48.5 Å². The first-order chi connectivity index (χ1) is 12.8. The molecule has 128 valence electrons. The summed E-state index contributed by atoms with van der Waals surface area (Å²) in [6, 6.07) is 22.2. The number of anilines is 1. The van der Waals surface area contributed by atoms with E-state index >= 15 is 0 Å². The number of fused-ring (bicyclic) bond motifs is 1. The number of nitrogens with zero attached hydrogens (tertiary/aromatic N) is 2. The van der Waals surface area contributed by atoms with Gasteiger partial charge < -0.3 is 9.88 Å². The number of para-hydroxylation sites is 1. The smallest absolute Gasteiger partial charge is 0.228 e. The second-order valence-electron chi connectivity index (χ2n) is 6.25. The fourth-order valence-electron chi connectivity index (χ4n) is 3.19. The van der Waals surface area contributed by atoms with Crippen LogP contribution in [0.2, 0.25) is 0 Å². The van der Waals surface area contributed by atoms with Crippen molar-refractivity contribution in [1.82, 2.24) is 9.55 Å². The summed E-state index contributed by atoms with van der Waals surface area (Å²) in [5.74, 6) is -0.0411. The first-order valence-electron chi connectivity index (χ1n) is 8.60. The normalized spacial score (nSPS) is 10.8. The van der Waals surface area contributed by atoms with Gasteiger partial charge in [0.05, 0.1) is 18.3 Å². The van der Waals surface area contributed by atoms with Crippen LogP contribution in [-0.2, 0) is 17.8 Å². The van der Waals surface area contributed by atoms with Crippen LogP contribution in [0.25, 0.3) is 10.9 Å². The summed E-state index contributed by atoms with van der Waals surface area (Å²) in [5, 5.41) is 4.02. The Balaban J connectivity index is 1.60. The molecular weight excluding hydrogens is 322 g/mol. The van der Waals surface area contributed by atoms with E-state index in [1.807, 2.05) is 36.4 Å². The molecule has 0 aliphatic carbocycles. The van der Waals surface area contributed by atoms with E-state index in [4.69, 9.17) is 0 Å². The molecule has 0 saturated heterocycles. The van der Waals surface area contributed by atoms with Crippen LogP contribution in [0.3, 0.4) is 0 Å². The Hall–Kier alpha value is -3.40. The standard InChI is InChI=1S/C22H19N3O/c26-22(24-19-9-6-12-23-14-19)13-18-16-25(15-17-7-2-1-3-8-17)21-11-5-4-10-20(18)21/h1-12,14,16H,13,15H2,(H,24,26). The van der Waals surface area contributed by atoms with Crippen molar-refractivity contribution in [2.75, 3.05) is 5.32 Å². The number of aromatic nitrogens is 2. The lowest BCUT2D eigenvalue weighted by Crippen LogP contribution is -2.14. The molecule has 0 fully saturated rings. The van der Waals surface area contributed by atoms with Crippen molar-refractivity contribution in [3.8, 4) is 0 Å². The minimum atomic E-state index is -0.0411. The first-order valence-corrected chi connectivity index (χ1v) is 8.60. The average molecular weight is 341 g/mol. The summed E-state index contributed by atoms with van der Waals surface area (Å²) >= 11 is 0. The molecule has 0 aliphatic rings. The molecule has 4 aromatic rings. The predicted octanol–water partition coefficient (Wildman–Crippen LogP) is 4.27. The number of rotatable bonds is 5. The summed E-state index contributed by atoms with van der Waals surface area (Å²) in [5.41, 5.74) is 4.11. The molecule has 0 atom stereocenters. The number of benzene rings is 2. The number of nitrogens with one attached hydrogen (secondary N) is 1. The van der Waals surface area contributed by atoms with Gasteiger partial charge in [-0.15, -0.1) is 0 Å². The van der Waals surface area contributed by atoms with Crippen molar-refractivity contribution in [3.63, 3.8) is 0 Å². The maximum absolute atomic E-state index is 12.4. The van der Waals surface area contributed by atoms with Crippen LogP contribution in [0.1, 0.15) is 11.1 Å². The first kappa shape index (κ1) is 16.1. The molecule has 0 spiro atoms. The van der Waals surface area contributed by atoms with Crippen molar-refractivity contribution >= 4 is 22.5 Å². The van der Waals surface area contributed by atoms with Crippen LogP contribution in [0, 0.1) is 0 Å². The highest BCUT2D eigenvalue weighted by molar-refractivity contribution is 5.95. The van der Waals surface area contributed by atoms with Gasteiger partial charge in [0, 0.05) is 29.8 Å². The molecule has 4 rings (SSSR count). The lowest BCUT2D eigenvalue weighted by Gasteiger charge is -2.05. The van der Waals surface area contributed by atoms with Crippen LogP contribution in [0.15, 0.2) is 85.3 Å². The molecule has 2 heterocycles. The second kappa shape index (κ2) is 7.23. The quantitative estimate of drug-likeness (QED) is 0.589. The van der Waals surface area contributed by atoms with E-state index in [0.717, 1.165) is 23.0 Å². The van der Waals surface area contributed by atoms with Gasteiger partial charge in [-0.3, -0.25) is 9.78 Å². The zero-order valence-corrected chi connectivity index (χ0v) is 14.3. The average Bonchev–Trinajstić information content (AvgIpc) is 3.01. The molecule has 1 N–H and O–H groups in total. The van der Waals surface area contributed by atoms with Crippen molar-refractivity contribution in [1.29, 1.82) is 0 Å². The van der Waals surface area contributed by atoms with Crippen LogP contribution >= 0.6 is 0 Å². The highest BCUT2D eigenvalue weighted by Crippen LogP contribution is 2.23. The Morgan fingerprint density at radius 2 is 1.77 bits per heavy atom. The van der Waals surface area contributed by atoms with Crippen molar-refractivity contribution in [3.05, 3.63) is 96.4 Å². The number of carbonyl (C=O) groups is 1. The molecule has 0 unspecified atom stereocenters. The van der Waals surface area contributed by atoms with Gasteiger partial charge in [-0.2, -0.15) is 0 Å². The van der Waals surface area contributed by atoms with Gasteiger partial charge in [0.25, 0.3) is 0 Å². The van der Waals surface area contributed by atoms with E-state index in [0.29, 0.717) is 12.1 Å². The Morgan fingerprint density at radius 1 is 0.962 bits per heavy atom. The Bertz CT molecular complexity index is 1020. The molecule has 0 aliphatic heterocycles. The molecule has 2 aromatic carbocycles. The monoisotopic (exact) mass is 341 g/mol. The third kappa shape index (κ3) is 3.49. The van der Waals surface area contributed by atoms with E-state index in [1.54, 1.807) is 18.5 Å². The topological polar surface area (TPSA) is 46.9 Å².